The highest BCUT2D eigenvalue weighted by molar-refractivity contribution is 9.10. The fourth-order valence-electron chi connectivity index (χ4n) is 1.77. The van der Waals surface area contributed by atoms with E-state index < -0.39 is 0 Å². The summed E-state index contributed by atoms with van der Waals surface area (Å²) >= 11 is 3.47. The van der Waals surface area contributed by atoms with Gasteiger partial charge in [0, 0.05) is 18.9 Å². The van der Waals surface area contributed by atoms with Crippen LogP contribution in [0.1, 0.15) is 26.2 Å². The zero-order chi connectivity index (χ0) is 11.8. The summed E-state index contributed by atoms with van der Waals surface area (Å²) in [6.45, 7) is 3.96. The molecule has 1 heterocycles. The van der Waals surface area contributed by atoms with Crippen molar-refractivity contribution in [1.29, 1.82) is 0 Å². The Hall–Kier alpha value is -0.610. The van der Waals surface area contributed by atoms with Gasteiger partial charge >= 0.3 is 0 Å². The monoisotopic (exact) mass is 285 g/mol. The number of halogens is 1. The van der Waals surface area contributed by atoms with E-state index in [9.17, 15) is 0 Å². The van der Waals surface area contributed by atoms with Crippen molar-refractivity contribution in [1.82, 2.24) is 4.98 Å². The molecular formula is C12H20BrN3. The van der Waals surface area contributed by atoms with Crippen molar-refractivity contribution in [2.75, 3.05) is 18.4 Å². The molecule has 3 N–H and O–H groups in total. The predicted octanol–water partition coefficient (Wildman–Crippen LogP) is 3.02. The highest BCUT2D eigenvalue weighted by Crippen LogP contribution is 2.21. The van der Waals surface area contributed by atoms with Crippen LogP contribution in [0.3, 0.4) is 0 Å². The first-order valence-electron chi connectivity index (χ1n) is 5.81. The average Bonchev–Trinajstić information content (AvgIpc) is 2.28. The quantitative estimate of drug-likeness (QED) is 0.810. The largest absolute Gasteiger partial charge is 0.384 e. The Labute approximate surface area is 106 Å². The molecule has 1 rings (SSSR count). The molecule has 1 unspecified atom stereocenters. The Kier molecular flexibility index (Phi) is 6.42. The van der Waals surface area contributed by atoms with E-state index in [0.29, 0.717) is 5.92 Å². The minimum absolute atomic E-state index is 0.662. The third-order valence-electron chi connectivity index (χ3n) is 2.63. The third kappa shape index (κ3) is 4.49. The van der Waals surface area contributed by atoms with Crippen LogP contribution in [0.15, 0.2) is 22.9 Å². The summed E-state index contributed by atoms with van der Waals surface area (Å²) in [7, 11) is 0. The Morgan fingerprint density at radius 2 is 2.31 bits per heavy atom. The average molecular weight is 286 g/mol. The topological polar surface area (TPSA) is 50.9 Å². The predicted molar refractivity (Wildman–Crippen MR) is 72.5 cm³/mol. The number of pyridine rings is 1. The molecule has 0 aromatic carbocycles. The first kappa shape index (κ1) is 13.5. The van der Waals surface area contributed by atoms with Crippen LogP contribution in [0.25, 0.3) is 0 Å². The molecule has 0 aliphatic heterocycles. The molecule has 0 saturated heterocycles. The summed E-state index contributed by atoms with van der Waals surface area (Å²) in [5.74, 6) is 0.662. The van der Waals surface area contributed by atoms with Crippen LogP contribution in [-0.4, -0.2) is 18.1 Å². The van der Waals surface area contributed by atoms with Gasteiger partial charge in [0.15, 0.2) is 0 Å². The molecule has 0 aliphatic rings. The lowest BCUT2D eigenvalue weighted by atomic mass is 10.00. The lowest BCUT2D eigenvalue weighted by Gasteiger charge is -2.17. The van der Waals surface area contributed by atoms with Gasteiger partial charge < -0.3 is 11.1 Å². The number of hydrogen-bond acceptors (Lipinski definition) is 3. The number of nitrogens with one attached hydrogen (secondary N) is 1. The number of nitrogens with two attached hydrogens (primary N) is 1. The molecule has 0 fully saturated rings. The molecule has 0 amide bonds. The van der Waals surface area contributed by atoms with Crippen molar-refractivity contribution in [3.63, 3.8) is 0 Å². The summed E-state index contributed by atoms with van der Waals surface area (Å²) in [6.07, 6.45) is 7.13. The second kappa shape index (κ2) is 7.63. The Morgan fingerprint density at radius 3 is 2.94 bits per heavy atom. The maximum atomic E-state index is 5.61. The molecule has 3 nitrogen and oxygen atoms in total. The maximum Gasteiger partial charge on any atom is 0.0590 e. The summed E-state index contributed by atoms with van der Waals surface area (Å²) in [5.41, 5.74) is 6.72. The molecule has 1 aromatic rings. The smallest absolute Gasteiger partial charge is 0.0590 e. The fraction of sp³-hybridized carbons (Fsp3) is 0.583. The van der Waals surface area contributed by atoms with Crippen molar-refractivity contribution in [3.05, 3.63) is 22.9 Å². The van der Waals surface area contributed by atoms with Crippen LogP contribution in [0.5, 0.6) is 0 Å². The minimum atomic E-state index is 0.662. The Morgan fingerprint density at radius 1 is 1.50 bits per heavy atom. The number of anilines is 1. The van der Waals surface area contributed by atoms with Crippen molar-refractivity contribution in [3.8, 4) is 0 Å². The van der Waals surface area contributed by atoms with Crippen molar-refractivity contribution in [2.45, 2.75) is 26.2 Å². The second-order valence-corrected chi connectivity index (χ2v) is 4.82. The highest BCUT2D eigenvalue weighted by atomic mass is 79.9. The van der Waals surface area contributed by atoms with E-state index in [-0.39, 0.29) is 0 Å². The summed E-state index contributed by atoms with van der Waals surface area (Å²) in [5, 5.41) is 3.44. The van der Waals surface area contributed by atoms with Crippen LogP contribution in [0.4, 0.5) is 5.69 Å². The first-order valence-corrected chi connectivity index (χ1v) is 6.60. The zero-order valence-corrected chi connectivity index (χ0v) is 11.3. The van der Waals surface area contributed by atoms with E-state index in [1.54, 1.807) is 12.4 Å². The standard InChI is InChI=1S/C12H20BrN3/c1-2-3-10(4-6-14)8-16-12-5-7-15-9-11(12)13/h5,7,9-10H,2-4,6,8,14H2,1H3,(H,15,16). The molecule has 4 heteroatoms. The van der Waals surface area contributed by atoms with Gasteiger partial charge in [0.2, 0.25) is 0 Å². The molecule has 0 aliphatic carbocycles. The molecule has 0 spiro atoms. The van der Waals surface area contributed by atoms with Crippen LogP contribution < -0.4 is 11.1 Å². The van der Waals surface area contributed by atoms with Crippen LogP contribution in [0, 0.1) is 5.92 Å². The van der Waals surface area contributed by atoms with Gasteiger partial charge in [-0.3, -0.25) is 4.98 Å². The van der Waals surface area contributed by atoms with E-state index in [1.807, 2.05) is 6.07 Å². The van der Waals surface area contributed by atoms with Gasteiger partial charge in [-0.1, -0.05) is 13.3 Å². The second-order valence-electron chi connectivity index (χ2n) is 3.97. The zero-order valence-electron chi connectivity index (χ0n) is 9.75. The summed E-state index contributed by atoms with van der Waals surface area (Å²) in [6, 6.07) is 1.98. The summed E-state index contributed by atoms with van der Waals surface area (Å²) in [4.78, 5) is 4.04. The van der Waals surface area contributed by atoms with E-state index in [1.165, 1.54) is 12.8 Å². The number of aromatic nitrogens is 1. The molecule has 1 atom stereocenters. The highest BCUT2D eigenvalue weighted by Gasteiger charge is 2.07. The van der Waals surface area contributed by atoms with Crippen LogP contribution >= 0.6 is 15.9 Å². The molecule has 1 aromatic heterocycles. The minimum Gasteiger partial charge on any atom is -0.384 e. The first-order chi connectivity index (χ1) is 7.77. The van der Waals surface area contributed by atoms with Crippen molar-refractivity contribution >= 4 is 21.6 Å². The lowest BCUT2D eigenvalue weighted by Crippen LogP contribution is -2.18. The fourth-order valence-corrected chi connectivity index (χ4v) is 2.16. The Balaban J connectivity index is 2.45. The van der Waals surface area contributed by atoms with Gasteiger partial charge in [0.25, 0.3) is 0 Å². The normalized spacial score (nSPS) is 12.4. The third-order valence-corrected chi connectivity index (χ3v) is 3.26. The van der Waals surface area contributed by atoms with Gasteiger partial charge in [0.05, 0.1) is 10.2 Å². The van der Waals surface area contributed by atoms with Crippen LogP contribution in [0.2, 0.25) is 0 Å². The van der Waals surface area contributed by atoms with Gasteiger partial charge in [-0.2, -0.15) is 0 Å². The van der Waals surface area contributed by atoms with Gasteiger partial charge in [0.1, 0.15) is 0 Å². The number of hydrogen-bond donors (Lipinski definition) is 2. The molecular weight excluding hydrogens is 266 g/mol. The maximum absolute atomic E-state index is 5.61. The van der Waals surface area contributed by atoms with Gasteiger partial charge in [-0.15, -0.1) is 0 Å². The van der Waals surface area contributed by atoms with Crippen molar-refractivity contribution in [2.24, 2.45) is 11.7 Å². The number of rotatable bonds is 7. The molecule has 0 radical (unpaired) electrons. The molecule has 0 bridgehead atoms. The lowest BCUT2D eigenvalue weighted by molar-refractivity contribution is 0.473. The van der Waals surface area contributed by atoms with Gasteiger partial charge in [-0.05, 0) is 47.3 Å². The van der Waals surface area contributed by atoms with E-state index in [4.69, 9.17) is 5.73 Å². The van der Waals surface area contributed by atoms with Crippen LogP contribution in [-0.2, 0) is 0 Å². The van der Waals surface area contributed by atoms with Crippen molar-refractivity contribution < 1.29 is 0 Å². The SMILES string of the molecule is CCCC(CCN)CNc1ccncc1Br. The van der Waals surface area contributed by atoms with E-state index in [0.717, 1.165) is 29.7 Å². The van der Waals surface area contributed by atoms with E-state index >= 15 is 0 Å². The van der Waals surface area contributed by atoms with E-state index in [2.05, 4.69) is 33.2 Å². The molecule has 16 heavy (non-hydrogen) atoms. The number of nitrogens with zero attached hydrogens (tertiary/aromatic N) is 1. The Bertz CT molecular complexity index is 298. The van der Waals surface area contributed by atoms with Gasteiger partial charge in [-0.25, -0.2) is 0 Å². The molecule has 0 saturated carbocycles. The molecule has 90 valence electrons. The summed E-state index contributed by atoms with van der Waals surface area (Å²) < 4.78 is 1.01.